The Morgan fingerprint density at radius 1 is 0.788 bits per heavy atom. The first-order valence-electron chi connectivity index (χ1n) is 11.8. The minimum absolute atomic E-state index is 0.516. The smallest absolute Gasteiger partial charge is 0.131 e. The van der Waals surface area contributed by atoms with Crippen molar-refractivity contribution in [3.05, 3.63) is 90.8 Å². The molecule has 0 unspecified atom stereocenters. The Labute approximate surface area is 195 Å². The predicted octanol–water partition coefficient (Wildman–Crippen LogP) is 6.49. The molecule has 0 saturated carbocycles. The van der Waals surface area contributed by atoms with Crippen molar-refractivity contribution in [1.29, 1.82) is 0 Å². The van der Waals surface area contributed by atoms with E-state index in [2.05, 4.69) is 32.7 Å². The zero-order chi connectivity index (χ0) is 22.7. The number of hydrogen-bond donors (Lipinski definition) is 1. The van der Waals surface area contributed by atoms with Crippen molar-refractivity contribution in [2.75, 3.05) is 6.61 Å². The average molecular weight is 441 g/mol. The van der Waals surface area contributed by atoms with Gasteiger partial charge < -0.3 is 15.0 Å². The number of aryl methyl sites for hydroxylation is 1. The fraction of sp³-hybridized carbons (Fsp3) is 0.286. The molecule has 4 rings (SSSR count). The molecule has 1 aromatic heterocycles. The molecule has 5 nitrogen and oxygen atoms in total. The van der Waals surface area contributed by atoms with E-state index in [9.17, 15) is 0 Å². The van der Waals surface area contributed by atoms with Gasteiger partial charge in [-0.25, -0.2) is 9.98 Å². The van der Waals surface area contributed by atoms with Crippen LogP contribution in [0.3, 0.4) is 0 Å². The van der Waals surface area contributed by atoms with Gasteiger partial charge in [-0.15, -0.1) is 0 Å². The van der Waals surface area contributed by atoms with Gasteiger partial charge in [0.25, 0.3) is 0 Å². The van der Waals surface area contributed by atoms with E-state index in [1.807, 2.05) is 67.0 Å². The minimum atomic E-state index is 0.516. The SMILES string of the molecule is NC(=Nc1ccc(OCCCCCCCCn2cnc3ccccc32)cc1)c1ccccc1. The van der Waals surface area contributed by atoms with Crippen LogP contribution in [0.4, 0.5) is 5.69 Å². The maximum atomic E-state index is 6.08. The molecule has 0 saturated heterocycles. The van der Waals surface area contributed by atoms with Crippen molar-refractivity contribution in [1.82, 2.24) is 9.55 Å². The van der Waals surface area contributed by atoms with Gasteiger partial charge in [0, 0.05) is 12.1 Å². The topological polar surface area (TPSA) is 65.4 Å². The molecule has 170 valence electrons. The molecule has 1 heterocycles. The Balaban J connectivity index is 1.08. The van der Waals surface area contributed by atoms with Crippen LogP contribution in [-0.4, -0.2) is 22.0 Å². The Morgan fingerprint density at radius 3 is 2.30 bits per heavy atom. The van der Waals surface area contributed by atoms with E-state index in [4.69, 9.17) is 10.5 Å². The van der Waals surface area contributed by atoms with Gasteiger partial charge in [0.05, 0.1) is 29.7 Å². The molecule has 0 atom stereocenters. The summed E-state index contributed by atoms with van der Waals surface area (Å²) in [7, 11) is 0. The molecular formula is C28H32N4O. The second-order valence-corrected chi connectivity index (χ2v) is 8.25. The third kappa shape index (κ3) is 6.69. The number of unbranched alkanes of at least 4 members (excludes halogenated alkanes) is 5. The summed E-state index contributed by atoms with van der Waals surface area (Å²) in [6.45, 7) is 1.79. The summed E-state index contributed by atoms with van der Waals surface area (Å²) in [5.74, 6) is 1.39. The Kier molecular flexibility index (Phi) is 8.12. The van der Waals surface area contributed by atoms with Crippen LogP contribution in [0.25, 0.3) is 11.0 Å². The van der Waals surface area contributed by atoms with E-state index >= 15 is 0 Å². The number of imidazole rings is 1. The average Bonchev–Trinajstić information content (AvgIpc) is 3.27. The summed E-state index contributed by atoms with van der Waals surface area (Å²) in [5, 5.41) is 0. The molecule has 0 aliphatic carbocycles. The van der Waals surface area contributed by atoms with Crippen molar-refractivity contribution in [3.8, 4) is 5.75 Å². The van der Waals surface area contributed by atoms with Crippen molar-refractivity contribution in [2.45, 2.75) is 45.1 Å². The zero-order valence-corrected chi connectivity index (χ0v) is 19.1. The van der Waals surface area contributed by atoms with Gasteiger partial charge in [-0.1, -0.05) is 68.1 Å². The number of hydrogen-bond acceptors (Lipinski definition) is 3. The number of aliphatic imine (C=N–C) groups is 1. The Bertz CT molecular complexity index is 1150. The lowest BCUT2D eigenvalue weighted by molar-refractivity contribution is 0.304. The highest BCUT2D eigenvalue weighted by atomic mass is 16.5. The summed E-state index contributed by atoms with van der Waals surface area (Å²) in [5.41, 5.74) is 10.1. The normalized spacial score (nSPS) is 11.7. The van der Waals surface area contributed by atoms with Crippen LogP contribution >= 0.6 is 0 Å². The number of rotatable bonds is 12. The number of fused-ring (bicyclic) bond motifs is 1. The van der Waals surface area contributed by atoms with Crippen LogP contribution in [-0.2, 0) is 6.54 Å². The standard InChI is InChI=1S/C28H32N4O/c29-28(23-12-6-5-7-13-23)31-24-16-18-25(19-17-24)33-21-11-4-2-1-3-10-20-32-22-30-26-14-8-9-15-27(26)32/h5-9,12-19,22H,1-4,10-11,20-21H2,(H2,29,31). The molecule has 2 N–H and O–H groups in total. The molecule has 0 aliphatic rings. The van der Waals surface area contributed by atoms with Gasteiger partial charge in [0.1, 0.15) is 11.6 Å². The first kappa shape index (κ1) is 22.6. The number of benzene rings is 3. The summed E-state index contributed by atoms with van der Waals surface area (Å²) >= 11 is 0. The lowest BCUT2D eigenvalue weighted by Gasteiger charge is -2.07. The number of amidine groups is 1. The largest absolute Gasteiger partial charge is 0.494 e. The molecule has 4 aromatic rings. The second kappa shape index (κ2) is 11.9. The van der Waals surface area contributed by atoms with Crippen LogP contribution in [0, 0.1) is 0 Å². The van der Waals surface area contributed by atoms with E-state index in [-0.39, 0.29) is 0 Å². The first-order chi connectivity index (χ1) is 16.3. The van der Waals surface area contributed by atoms with Gasteiger partial charge >= 0.3 is 0 Å². The van der Waals surface area contributed by atoms with E-state index in [0.717, 1.165) is 42.1 Å². The third-order valence-electron chi connectivity index (χ3n) is 5.75. The van der Waals surface area contributed by atoms with Crippen molar-refractivity contribution in [3.63, 3.8) is 0 Å². The molecule has 5 heteroatoms. The van der Waals surface area contributed by atoms with E-state index in [0.29, 0.717) is 5.84 Å². The number of nitrogens with two attached hydrogens (primary N) is 1. The Hall–Kier alpha value is -3.60. The summed E-state index contributed by atoms with van der Waals surface area (Å²) < 4.78 is 8.14. The monoisotopic (exact) mass is 440 g/mol. The fourth-order valence-corrected chi connectivity index (χ4v) is 3.90. The van der Waals surface area contributed by atoms with Gasteiger partial charge in [-0.2, -0.15) is 0 Å². The van der Waals surface area contributed by atoms with Gasteiger partial charge in [-0.05, 0) is 49.2 Å². The minimum Gasteiger partial charge on any atom is -0.494 e. The molecule has 0 bridgehead atoms. The summed E-state index contributed by atoms with van der Waals surface area (Å²) in [6, 6.07) is 25.9. The maximum absolute atomic E-state index is 6.08. The quantitative estimate of drug-likeness (QED) is 0.155. The summed E-state index contributed by atoms with van der Waals surface area (Å²) in [6.07, 6.45) is 9.20. The molecule has 0 amide bonds. The molecule has 0 fully saturated rings. The highest BCUT2D eigenvalue weighted by molar-refractivity contribution is 5.98. The van der Waals surface area contributed by atoms with E-state index < -0.39 is 0 Å². The molecule has 0 aliphatic heterocycles. The lowest BCUT2D eigenvalue weighted by Crippen LogP contribution is -2.12. The number of para-hydroxylation sites is 2. The van der Waals surface area contributed by atoms with Crippen molar-refractivity contribution in [2.24, 2.45) is 10.7 Å². The van der Waals surface area contributed by atoms with E-state index in [1.165, 1.54) is 37.6 Å². The third-order valence-corrected chi connectivity index (χ3v) is 5.75. The number of nitrogens with zero attached hydrogens (tertiary/aromatic N) is 3. The lowest BCUT2D eigenvalue weighted by atomic mass is 10.1. The molecular weight excluding hydrogens is 408 g/mol. The van der Waals surface area contributed by atoms with Crippen molar-refractivity contribution >= 4 is 22.6 Å². The fourth-order valence-electron chi connectivity index (χ4n) is 3.90. The molecule has 0 spiro atoms. The van der Waals surface area contributed by atoms with Crippen LogP contribution in [0.5, 0.6) is 5.75 Å². The van der Waals surface area contributed by atoms with Crippen molar-refractivity contribution < 1.29 is 4.74 Å². The van der Waals surface area contributed by atoms with Gasteiger partial charge in [0.15, 0.2) is 0 Å². The highest BCUT2D eigenvalue weighted by Gasteiger charge is 2.01. The van der Waals surface area contributed by atoms with Crippen LogP contribution < -0.4 is 10.5 Å². The number of ether oxygens (including phenoxy) is 1. The maximum Gasteiger partial charge on any atom is 0.131 e. The van der Waals surface area contributed by atoms with Gasteiger partial charge in [0.2, 0.25) is 0 Å². The molecule has 3 aromatic carbocycles. The van der Waals surface area contributed by atoms with Crippen LogP contribution in [0.1, 0.15) is 44.1 Å². The molecule has 33 heavy (non-hydrogen) atoms. The Morgan fingerprint density at radius 2 is 1.48 bits per heavy atom. The molecule has 0 radical (unpaired) electrons. The second-order valence-electron chi connectivity index (χ2n) is 8.25. The number of aromatic nitrogens is 2. The van der Waals surface area contributed by atoms with Crippen LogP contribution in [0.15, 0.2) is 90.2 Å². The predicted molar refractivity (Wildman–Crippen MR) is 136 cm³/mol. The first-order valence-corrected chi connectivity index (χ1v) is 11.8. The van der Waals surface area contributed by atoms with E-state index in [1.54, 1.807) is 0 Å². The van der Waals surface area contributed by atoms with Crippen LogP contribution in [0.2, 0.25) is 0 Å². The highest BCUT2D eigenvalue weighted by Crippen LogP contribution is 2.19. The zero-order valence-electron chi connectivity index (χ0n) is 19.1. The van der Waals surface area contributed by atoms with Gasteiger partial charge in [-0.3, -0.25) is 0 Å². The summed E-state index contributed by atoms with van der Waals surface area (Å²) in [4.78, 5) is 8.94.